The molecule has 5 aromatic carbocycles. The van der Waals surface area contributed by atoms with Gasteiger partial charge in [-0.05, 0) is 60.0 Å². The smallest absolute Gasteiger partial charge is 0.266 e. The van der Waals surface area contributed by atoms with Crippen LogP contribution in [0.5, 0.6) is 11.5 Å². The van der Waals surface area contributed by atoms with Crippen LogP contribution in [0.1, 0.15) is 52.0 Å². The molecule has 3 heterocycles. The van der Waals surface area contributed by atoms with Gasteiger partial charge in [-0.25, -0.2) is 0 Å². The summed E-state index contributed by atoms with van der Waals surface area (Å²) in [6, 6.07) is 39.2. The Morgan fingerprint density at radius 2 is 1.54 bits per heavy atom. The van der Waals surface area contributed by atoms with Crippen LogP contribution in [0.4, 0.5) is 17.1 Å². The minimum Gasteiger partial charge on any atom is -0.454 e. The SMILES string of the molecule is C[C@@H](/C=C/CCn1cc(C(CO)c2ccccc2)nn1)[C@]1(O)C(=O)N(Cc2ccccc2)c2ccc(N3C(=O)c4ccccc4Oc4ccccc43)cc21. The van der Waals surface area contributed by atoms with Gasteiger partial charge in [-0.15, -0.1) is 5.10 Å². The molecule has 2 aliphatic heterocycles. The number of nitrogens with zero attached hydrogens (tertiary/aromatic N) is 5. The van der Waals surface area contributed by atoms with Crippen LogP contribution >= 0.6 is 0 Å². The Bertz CT molecular complexity index is 2340. The number of aliphatic hydroxyl groups excluding tert-OH is 1. The van der Waals surface area contributed by atoms with E-state index in [0.717, 1.165) is 11.1 Å². The van der Waals surface area contributed by atoms with Crippen LogP contribution in [0.3, 0.4) is 0 Å². The van der Waals surface area contributed by atoms with Gasteiger partial charge in [0, 0.05) is 29.9 Å². The molecular weight excluding hydrogens is 679 g/mol. The van der Waals surface area contributed by atoms with Gasteiger partial charge in [0.1, 0.15) is 5.75 Å². The summed E-state index contributed by atoms with van der Waals surface area (Å²) in [6.45, 7) is 2.52. The maximum Gasteiger partial charge on any atom is 0.266 e. The number of rotatable bonds is 11. The Balaban J connectivity index is 1.10. The van der Waals surface area contributed by atoms with E-state index in [0.29, 0.717) is 58.3 Å². The molecule has 2 N–H and O–H groups in total. The molecule has 1 aromatic heterocycles. The van der Waals surface area contributed by atoms with Crippen LogP contribution in [0, 0.1) is 5.92 Å². The molecule has 0 saturated heterocycles. The van der Waals surface area contributed by atoms with E-state index in [1.807, 2.05) is 128 Å². The average molecular weight is 718 g/mol. The lowest BCUT2D eigenvalue weighted by molar-refractivity contribution is -0.139. The molecule has 54 heavy (non-hydrogen) atoms. The Kier molecular flexibility index (Phi) is 9.37. The zero-order chi connectivity index (χ0) is 37.2. The summed E-state index contributed by atoms with van der Waals surface area (Å²) >= 11 is 0. The fraction of sp³-hybridized carbons (Fsp3) is 0.182. The number of anilines is 3. The topological polar surface area (TPSA) is 121 Å². The largest absolute Gasteiger partial charge is 0.454 e. The Hall–Kier alpha value is -6.36. The number of hydrogen-bond acceptors (Lipinski definition) is 7. The van der Waals surface area contributed by atoms with Crippen LogP contribution in [0.15, 0.2) is 146 Å². The lowest BCUT2D eigenvalue weighted by Gasteiger charge is -2.28. The third-order valence-corrected chi connectivity index (χ3v) is 10.2. The molecule has 0 bridgehead atoms. The number of amides is 2. The van der Waals surface area contributed by atoms with Crippen molar-refractivity contribution < 1.29 is 24.5 Å². The van der Waals surface area contributed by atoms with E-state index >= 15 is 0 Å². The third kappa shape index (κ3) is 6.25. The number of aliphatic hydroxyl groups is 2. The van der Waals surface area contributed by atoms with E-state index in [4.69, 9.17) is 4.74 Å². The van der Waals surface area contributed by atoms with E-state index in [1.54, 1.807) is 38.7 Å². The first kappa shape index (κ1) is 34.7. The van der Waals surface area contributed by atoms with Gasteiger partial charge in [-0.1, -0.05) is 109 Å². The standard InChI is InChI=1S/C44H39N5O5/c1-30(14-12-13-25-47-28-37(45-46-47)35(29-50)32-17-6-3-7-18-32)44(53)36-26-33(23-24-38(36)48(43(44)52)27-31-15-4-2-5-16-31)49-39-20-9-11-22-41(39)54-40-21-10-8-19-34(40)42(49)51/h2-12,14-24,26,28,30,35,50,53H,13,25,27,29H2,1H3/b14-12+/t30-,35?,44+/m0/s1. The number of aryl methyl sites for hydroxylation is 1. The number of ether oxygens (including phenoxy) is 1. The first-order chi connectivity index (χ1) is 26.4. The number of benzene rings is 5. The first-order valence-electron chi connectivity index (χ1n) is 18.0. The summed E-state index contributed by atoms with van der Waals surface area (Å²) in [6.07, 6.45) is 6.19. The summed E-state index contributed by atoms with van der Waals surface area (Å²) in [4.78, 5) is 31.9. The summed E-state index contributed by atoms with van der Waals surface area (Å²) in [5.74, 6) is -0.686. The highest BCUT2D eigenvalue weighted by atomic mass is 16.5. The highest BCUT2D eigenvalue weighted by Gasteiger charge is 2.53. The molecule has 1 unspecified atom stereocenters. The fourth-order valence-corrected chi connectivity index (χ4v) is 7.35. The molecule has 0 aliphatic carbocycles. The van der Waals surface area contributed by atoms with Crippen molar-refractivity contribution in [1.82, 2.24) is 15.0 Å². The van der Waals surface area contributed by atoms with Crippen molar-refractivity contribution in [2.24, 2.45) is 5.92 Å². The second-order valence-electron chi connectivity index (χ2n) is 13.6. The second-order valence-corrected chi connectivity index (χ2v) is 13.6. The molecule has 10 heteroatoms. The van der Waals surface area contributed by atoms with Crippen molar-refractivity contribution >= 4 is 28.9 Å². The van der Waals surface area contributed by atoms with Gasteiger partial charge in [-0.2, -0.15) is 0 Å². The summed E-state index contributed by atoms with van der Waals surface area (Å²) in [5, 5.41) is 31.3. The maximum absolute atomic E-state index is 14.5. The van der Waals surface area contributed by atoms with Crippen molar-refractivity contribution in [1.29, 1.82) is 0 Å². The van der Waals surface area contributed by atoms with Crippen LogP contribution < -0.4 is 14.5 Å². The third-order valence-electron chi connectivity index (χ3n) is 10.2. The van der Waals surface area contributed by atoms with E-state index < -0.39 is 17.4 Å². The summed E-state index contributed by atoms with van der Waals surface area (Å²) in [7, 11) is 0. The second kappa shape index (κ2) is 14.6. The lowest BCUT2D eigenvalue weighted by atomic mass is 9.82. The normalized spacial score (nSPS) is 17.5. The van der Waals surface area contributed by atoms with E-state index in [1.165, 1.54) is 0 Å². The van der Waals surface area contributed by atoms with Gasteiger partial charge in [-0.3, -0.25) is 19.2 Å². The van der Waals surface area contributed by atoms with Crippen molar-refractivity contribution in [3.05, 3.63) is 174 Å². The predicted octanol–water partition coefficient (Wildman–Crippen LogP) is 7.50. The molecule has 8 rings (SSSR count). The predicted molar refractivity (Wildman–Crippen MR) is 206 cm³/mol. The fourth-order valence-electron chi connectivity index (χ4n) is 7.35. The highest BCUT2D eigenvalue weighted by molar-refractivity contribution is 6.15. The van der Waals surface area contributed by atoms with Crippen LogP contribution in [0.25, 0.3) is 0 Å². The maximum atomic E-state index is 14.5. The average Bonchev–Trinajstić information content (AvgIpc) is 3.71. The summed E-state index contributed by atoms with van der Waals surface area (Å²) < 4.78 is 7.95. The first-order valence-corrected chi connectivity index (χ1v) is 18.0. The number of carbonyl (C=O) groups is 2. The van der Waals surface area contributed by atoms with Crippen LogP contribution in [0.2, 0.25) is 0 Å². The highest BCUT2D eigenvalue weighted by Crippen LogP contribution is 2.49. The molecule has 0 fully saturated rings. The van der Waals surface area contributed by atoms with E-state index in [-0.39, 0.29) is 25.0 Å². The van der Waals surface area contributed by atoms with E-state index in [2.05, 4.69) is 10.3 Å². The van der Waals surface area contributed by atoms with Gasteiger partial charge in [0.15, 0.2) is 11.4 Å². The van der Waals surface area contributed by atoms with Gasteiger partial charge in [0.2, 0.25) is 0 Å². The van der Waals surface area contributed by atoms with Gasteiger partial charge in [0.05, 0.1) is 41.7 Å². The molecular formula is C44H39N5O5. The number of fused-ring (bicyclic) bond motifs is 3. The Morgan fingerprint density at radius 1 is 0.833 bits per heavy atom. The zero-order valence-electron chi connectivity index (χ0n) is 29.7. The number of allylic oxidation sites excluding steroid dienone is 1. The van der Waals surface area contributed by atoms with Crippen LogP contribution in [-0.4, -0.2) is 43.6 Å². The molecule has 3 atom stereocenters. The minimum atomic E-state index is -1.93. The molecule has 2 aliphatic rings. The van der Waals surface area contributed by atoms with Crippen molar-refractivity contribution in [3.63, 3.8) is 0 Å². The number of hydrogen-bond donors (Lipinski definition) is 2. The molecule has 10 nitrogen and oxygen atoms in total. The molecule has 0 spiro atoms. The minimum absolute atomic E-state index is 0.0866. The summed E-state index contributed by atoms with van der Waals surface area (Å²) in [5.41, 5.74) is 3.06. The van der Waals surface area contributed by atoms with Gasteiger partial charge < -0.3 is 19.8 Å². The van der Waals surface area contributed by atoms with E-state index in [9.17, 15) is 19.8 Å². The lowest BCUT2D eigenvalue weighted by Crippen LogP contribution is -2.44. The number of para-hydroxylation sites is 3. The Morgan fingerprint density at radius 3 is 2.31 bits per heavy atom. The molecule has 6 aromatic rings. The Labute approximate surface area is 313 Å². The molecule has 270 valence electrons. The molecule has 0 radical (unpaired) electrons. The van der Waals surface area contributed by atoms with Crippen molar-refractivity contribution in [2.75, 3.05) is 16.4 Å². The van der Waals surface area contributed by atoms with Crippen LogP contribution in [-0.2, 0) is 23.5 Å². The number of carbonyl (C=O) groups excluding carboxylic acids is 2. The molecule has 2 amide bonds. The zero-order valence-corrected chi connectivity index (χ0v) is 29.7. The van der Waals surface area contributed by atoms with Crippen molar-refractivity contribution in [3.8, 4) is 11.5 Å². The van der Waals surface area contributed by atoms with Crippen molar-refractivity contribution in [2.45, 2.75) is 38.0 Å². The monoisotopic (exact) mass is 717 g/mol. The van der Waals surface area contributed by atoms with Gasteiger partial charge in [0.25, 0.3) is 11.8 Å². The number of aromatic nitrogens is 3. The van der Waals surface area contributed by atoms with Gasteiger partial charge >= 0.3 is 0 Å². The quantitative estimate of drug-likeness (QED) is 0.133. The molecule has 0 saturated carbocycles.